The average molecular weight is 337 g/mol. The van der Waals surface area contributed by atoms with Crippen molar-refractivity contribution in [1.82, 2.24) is 4.72 Å². The monoisotopic (exact) mass is 336 g/mol. The second-order valence-electron chi connectivity index (χ2n) is 3.72. The molecule has 0 saturated heterocycles. The van der Waals surface area contributed by atoms with Crippen LogP contribution in [0.2, 0.25) is 9.36 Å². The molecule has 8 heteroatoms. The molecule has 3 N–H and O–H groups in total. The SMILES string of the molecule is Nc1ccc(Cl)c(S(=O)(=O)NCc2ccc(Cl)s2)c1. The molecule has 0 atom stereocenters. The highest BCUT2D eigenvalue weighted by Gasteiger charge is 2.18. The second-order valence-corrected chi connectivity index (χ2v) is 7.66. The number of hydrogen-bond acceptors (Lipinski definition) is 4. The van der Waals surface area contributed by atoms with E-state index in [0.29, 0.717) is 10.0 Å². The van der Waals surface area contributed by atoms with Crippen LogP contribution in [-0.4, -0.2) is 8.42 Å². The molecule has 0 spiro atoms. The van der Waals surface area contributed by atoms with Gasteiger partial charge in [-0.2, -0.15) is 0 Å². The van der Waals surface area contributed by atoms with E-state index in [9.17, 15) is 8.42 Å². The Morgan fingerprint density at radius 1 is 1.21 bits per heavy atom. The first-order valence-corrected chi connectivity index (χ1v) is 8.23. The topological polar surface area (TPSA) is 72.2 Å². The van der Waals surface area contributed by atoms with E-state index in [4.69, 9.17) is 28.9 Å². The minimum absolute atomic E-state index is 0.0307. The van der Waals surface area contributed by atoms with Crippen molar-refractivity contribution >= 4 is 50.2 Å². The number of rotatable bonds is 4. The Morgan fingerprint density at radius 2 is 1.95 bits per heavy atom. The van der Waals surface area contributed by atoms with E-state index in [1.54, 1.807) is 18.2 Å². The molecule has 0 aliphatic rings. The van der Waals surface area contributed by atoms with Gasteiger partial charge in [-0.3, -0.25) is 0 Å². The summed E-state index contributed by atoms with van der Waals surface area (Å²) in [5.74, 6) is 0. The quantitative estimate of drug-likeness (QED) is 0.842. The van der Waals surface area contributed by atoms with Crippen LogP contribution in [0.15, 0.2) is 35.2 Å². The van der Waals surface area contributed by atoms with Crippen molar-refractivity contribution in [1.29, 1.82) is 0 Å². The van der Waals surface area contributed by atoms with Crippen molar-refractivity contribution in [2.24, 2.45) is 0 Å². The summed E-state index contributed by atoms with van der Waals surface area (Å²) in [4.78, 5) is 0.783. The molecule has 2 aromatic rings. The first-order chi connectivity index (χ1) is 8.88. The second kappa shape index (κ2) is 5.68. The Morgan fingerprint density at radius 3 is 2.58 bits per heavy atom. The Bertz CT molecular complexity index is 698. The Kier molecular flexibility index (Phi) is 4.37. The van der Waals surface area contributed by atoms with E-state index in [-0.39, 0.29) is 16.5 Å². The van der Waals surface area contributed by atoms with Gasteiger partial charge in [-0.1, -0.05) is 23.2 Å². The zero-order chi connectivity index (χ0) is 14.0. The van der Waals surface area contributed by atoms with E-state index in [1.807, 2.05) is 0 Å². The molecular weight excluding hydrogens is 327 g/mol. The van der Waals surface area contributed by atoms with Crippen LogP contribution in [0, 0.1) is 0 Å². The summed E-state index contributed by atoms with van der Waals surface area (Å²) >= 11 is 13.0. The van der Waals surface area contributed by atoms with Crippen molar-refractivity contribution in [2.75, 3.05) is 5.73 Å². The van der Waals surface area contributed by atoms with Crippen LogP contribution in [0.3, 0.4) is 0 Å². The molecule has 0 aliphatic heterocycles. The molecule has 0 bridgehead atoms. The van der Waals surface area contributed by atoms with Gasteiger partial charge in [-0.05, 0) is 30.3 Å². The maximum atomic E-state index is 12.1. The van der Waals surface area contributed by atoms with Crippen LogP contribution in [0.1, 0.15) is 4.88 Å². The highest BCUT2D eigenvalue weighted by atomic mass is 35.5. The lowest BCUT2D eigenvalue weighted by Crippen LogP contribution is -2.23. The molecule has 1 heterocycles. The smallest absolute Gasteiger partial charge is 0.242 e. The van der Waals surface area contributed by atoms with E-state index in [1.165, 1.54) is 23.5 Å². The van der Waals surface area contributed by atoms with Gasteiger partial charge in [0.2, 0.25) is 10.0 Å². The third kappa shape index (κ3) is 3.61. The fraction of sp³-hybridized carbons (Fsp3) is 0.0909. The fourth-order valence-corrected chi connectivity index (χ4v) is 4.07. The summed E-state index contributed by atoms with van der Waals surface area (Å²) in [6.07, 6.45) is 0. The van der Waals surface area contributed by atoms with Gasteiger partial charge in [0.15, 0.2) is 0 Å². The lowest BCUT2D eigenvalue weighted by atomic mass is 10.3. The summed E-state index contributed by atoms with van der Waals surface area (Å²) in [5.41, 5.74) is 5.91. The molecular formula is C11H10Cl2N2O2S2. The predicted octanol–water partition coefficient (Wildman–Crippen LogP) is 3.12. The number of nitrogens with two attached hydrogens (primary N) is 1. The molecule has 102 valence electrons. The number of sulfonamides is 1. The summed E-state index contributed by atoms with van der Waals surface area (Å²) in [7, 11) is -3.70. The fourth-order valence-electron chi connectivity index (χ4n) is 1.42. The average Bonchev–Trinajstić information content (AvgIpc) is 2.76. The van der Waals surface area contributed by atoms with Gasteiger partial charge in [0.25, 0.3) is 0 Å². The molecule has 1 aromatic carbocycles. The number of hydrogen-bond donors (Lipinski definition) is 2. The minimum Gasteiger partial charge on any atom is -0.399 e. The molecule has 0 fully saturated rings. The number of halogens is 2. The van der Waals surface area contributed by atoms with Crippen LogP contribution in [0.25, 0.3) is 0 Å². The number of nitrogens with one attached hydrogen (secondary N) is 1. The third-order valence-corrected chi connectivity index (χ3v) is 5.42. The predicted molar refractivity (Wildman–Crippen MR) is 79.2 cm³/mol. The van der Waals surface area contributed by atoms with Crippen LogP contribution >= 0.6 is 34.5 Å². The molecule has 19 heavy (non-hydrogen) atoms. The Balaban J connectivity index is 2.20. The summed E-state index contributed by atoms with van der Waals surface area (Å²) < 4.78 is 27.3. The largest absolute Gasteiger partial charge is 0.399 e. The molecule has 2 rings (SSSR count). The third-order valence-electron chi connectivity index (χ3n) is 2.31. The van der Waals surface area contributed by atoms with Gasteiger partial charge in [-0.15, -0.1) is 11.3 Å². The van der Waals surface area contributed by atoms with Gasteiger partial charge >= 0.3 is 0 Å². The van der Waals surface area contributed by atoms with Gasteiger partial charge in [0.05, 0.1) is 9.36 Å². The summed E-state index contributed by atoms with van der Waals surface area (Å²) in [6.45, 7) is 0.158. The number of benzene rings is 1. The van der Waals surface area contributed by atoms with Crippen molar-refractivity contribution in [2.45, 2.75) is 11.4 Å². The van der Waals surface area contributed by atoms with Crippen molar-refractivity contribution in [3.63, 3.8) is 0 Å². The van der Waals surface area contributed by atoms with E-state index >= 15 is 0 Å². The highest BCUT2D eigenvalue weighted by molar-refractivity contribution is 7.89. The number of nitrogen functional groups attached to an aromatic ring is 1. The molecule has 0 aliphatic carbocycles. The molecule has 1 aromatic heterocycles. The molecule has 0 saturated carbocycles. The minimum atomic E-state index is -3.70. The standard InChI is InChI=1S/C11H10Cl2N2O2S2/c12-9-3-1-7(14)5-10(9)19(16,17)15-6-8-2-4-11(13)18-8/h1-5,15H,6,14H2. The van der Waals surface area contributed by atoms with Crippen molar-refractivity contribution in [3.05, 3.63) is 44.6 Å². The summed E-state index contributed by atoms with van der Waals surface area (Å²) in [6, 6.07) is 7.79. The number of thiophene rings is 1. The molecule has 4 nitrogen and oxygen atoms in total. The first-order valence-electron chi connectivity index (χ1n) is 5.17. The van der Waals surface area contributed by atoms with E-state index < -0.39 is 10.0 Å². The van der Waals surface area contributed by atoms with Gasteiger partial charge in [-0.25, -0.2) is 13.1 Å². The maximum absolute atomic E-state index is 12.1. The normalized spacial score (nSPS) is 11.7. The van der Waals surface area contributed by atoms with Crippen molar-refractivity contribution < 1.29 is 8.42 Å². The molecule has 0 unspecified atom stereocenters. The van der Waals surface area contributed by atoms with Crippen LogP contribution in [-0.2, 0) is 16.6 Å². The van der Waals surface area contributed by atoms with E-state index in [0.717, 1.165) is 4.88 Å². The first kappa shape index (κ1) is 14.6. The highest BCUT2D eigenvalue weighted by Crippen LogP contribution is 2.25. The van der Waals surface area contributed by atoms with Crippen LogP contribution in [0.4, 0.5) is 5.69 Å². The van der Waals surface area contributed by atoms with Gasteiger partial charge in [0, 0.05) is 17.1 Å². The molecule has 0 radical (unpaired) electrons. The Hall–Kier alpha value is -0.790. The van der Waals surface area contributed by atoms with Crippen LogP contribution in [0.5, 0.6) is 0 Å². The summed E-state index contributed by atoms with van der Waals surface area (Å²) in [5, 5.41) is 0.130. The van der Waals surface area contributed by atoms with Gasteiger partial charge < -0.3 is 5.73 Å². The van der Waals surface area contributed by atoms with Crippen LogP contribution < -0.4 is 10.5 Å². The lowest BCUT2D eigenvalue weighted by Gasteiger charge is -2.08. The van der Waals surface area contributed by atoms with Crippen molar-refractivity contribution in [3.8, 4) is 0 Å². The van der Waals surface area contributed by atoms with Gasteiger partial charge in [0.1, 0.15) is 4.90 Å². The zero-order valence-corrected chi connectivity index (χ0v) is 12.7. The molecule has 0 amide bonds. The lowest BCUT2D eigenvalue weighted by molar-refractivity contribution is 0.582. The maximum Gasteiger partial charge on any atom is 0.242 e. The zero-order valence-electron chi connectivity index (χ0n) is 9.56. The van der Waals surface area contributed by atoms with E-state index in [2.05, 4.69) is 4.72 Å². The number of anilines is 1. The Labute approximate surface area is 125 Å².